The highest BCUT2D eigenvalue weighted by Gasteiger charge is 2.44. The largest absolute Gasteiger partial charge is 0.323 e. The first-order valence-corrected chi connectivity index (χ1v) is 7.61. The molecule has 3 unspecified atom stereocenters. The first-order valence-electron chi connectivity index (χ1n) is 7.61. The highest BCUT2D eigenvalue weighted by Crippen LogP contribution is 2.41. The van der Waals surface area contributed by atoms with Gasteiger partial charge < -0.3 is 4.90 Å². The second kappa shape index (κ2) is 4.88. The third kappa shape index (κ3) is 2.35. The van der Waals surface area contributed by atoms with Crippen LogP contribution >= 0.6 is 0 Å². The number of hydrogen-bond donors (Lipinski definition) is 1. The Labute approximate surface area is 121 Å². The second-order valence-electron chi connectivity index (χ2n) is 6.99. The smallest absolute Gasteiger partial charge is 0.245 e. The molecule has 3 rings (SSSR count). The molecular weight excluding hydrogens is 248 g/mol. The van der Waals surface area contributed by atoms with Crippen molar-refractivity contribution in [2.75, 3.05) is 0 Å². The van der Waals surface area contributed by atoms with E-state index in [9.17, 15) is 4.79 Å². The molecule has 108 valence electrons. The number of nitrogens with one attached hydrogen (secondary N) is 1. The van der Waals surface area contributed by atoms with Crippen molar-refractivity contribution in [2.45, 2.75) is 58.3 Å². The predicted octanol–water partition coefficient (Wildman–Crippen LogP) is 3.08. The van der Waals surface area contributed by atoms with Crippen LogP contribution in [0.1, 0.15) is 51.6 Å². The lowest BCUT2D eigenvalue weighted by Gasteiger charge is -2.29. The molecule has 1 amide bonds. The van der Waals surface area contributed by atoms with Crippen LogP contribution in [0.3, 0.4) is 0 Å². The predicted molar refractivity (Wildman–Crippen MR) is 80.0 cm³/mol. The van der Waals surface area contributed by atoms with E-state index in [1.54, 1.807) is 0 Å². The third-order valence-electron chi connectivity index (χ3n) is 4.80. The normalized spacial score (nSPS) is 32.9. The molecule has 20 heavy (non-hydrogen) atoms. The highest BCUT2D eigenvalue weighted by molar-refractivity contribution is 5.86. The SMILES string of the molecule is CC1NC(c2ccccc2)C(=O)N1C1CCC(C)(C)C1. The average Bonchev–Trinajstić information content (AvgIpc) is 2.90. The summed E-state index contributed by atoms with van der Waals surface area (Å²) in [5, 5.41) is 3.45. The zero-order valence-corrected chi connectivity index (χ0v) is 12.6. The van der Waals surface area contributed by atoms with Crippen LogP contribution in [0.4, 0.5) is 0 Å². The van der Waals surface area contributed by atoms with E-state index in [1.165, 1.54) is 6.42 Å². The van der Waals surface area contributed by atoms with E-state index in [-0.39, 0.29) is 18.1 Å². The summed E-state index contributed by atoms with van der Waals surface area (Å²) in [6, 6.07) is 10.3. The van der Waals surface area contributed by atoms with Gasteiger partial charge in [0.25, 0.3) is 0 Å². The fraction of sp³-hybridized carbons (Fsp3) is 0.588. The first-order chi connectivity index (χ1) is 9.48. The molecule has 3 heteroatoms. The molecule has 0 bridgehead atoms. The quantitative estimate of drug-likeness (QED) is 0.897. The van der Waals surface area contributed by atoms with Gasteiger partial charge in [-0.3, -0.25) is 10.1 Å². The molecule has 2 aliphatic rings. The molecule has 1 aromatic carbocycles. The fourth-order valence-corrected chi connectivity index (χ4v) is 3.75. The van der Waals surface area contributed by atoms with Crippen molar-refractivity contribution in [1.29, 1.82) is 0 Å². The number of benzene rings is 1. The summed E-state index contributed by atoms with van der Waals surface area (Å²) in [5.41, 5.74) is 1.44. The van der Waals surface area contributed by atoms with Gasteiger partial charge in [0, 0.05) is 6.04 Å². The van der Waals surface area contributed by atoms with Crippen LogP contribution in [0.5, 0.6) is 0 Å². The van der Waals surface area contributed by atoms with Crippen molar-refractivity contribution in [2.24, 2.45) is 5.41 Å². The number of carbonyl (C=O) groups excluding carboxylic acids is 1. The monoisotopic (exact) mass is 272 g/mol. The van der Waals surface area contributed by atoms with Gasteiger partial charge in [0.15, 0.2) is 0 Å². The summed E-state index contributed by atoms with van der Waals surface area (Å²) in [7, 11) is 0. The maximum absolute atomic E-state index is 12.8. The fourth-order valence-electron chi connectivity index (χ4n) is 3.75. The van der Waals surface area contributed by atoms with Crippen LogP contribution in [-0.2, 0) is 4.79 Å². The molecule has 1 N–H and O–H groups in total. The summed E-state index contributed by atoms with van der Waals surface area (Å²) in [5.74, 6) is 0.242. The Morgan fingerprint density at radius 3 is 2.55 bits per heavy atom. The van der Waals surface area contributed by atoms with Gasteiger partial charge in [-0.2, -0.15) is 0 Å². The standard InChI is InChI=1S/C17H24N2O/c1-12-18-15(13-7-5-4-6-8-13)16(20)19(12)14-9-10-17(2,3)11-14/h4-8,12,14-15,18H,9-11H2,1-3H3. The van der Waals surface area contributed by atoms with Gasteiger partial charge >= 0.3 is 0 Å². The molecule has 3 atom stereocenters. The van der Waals surface area contributed by atoms with E-state index in [0.717, 1.165) is 18.4 Å². The summed E-state index contributed by atoms with van der Waals surface area (Å²) < 4.78 is 0. The minimum Gasteiger partial charge on any atom is -0.323 e. The van der Waals surface area contributed by atoms with Gasteiger partial charge in [-0.15, -0.1) is 0 Å². The van der Waals surface area contributed by atoms with Gasteiger partial charge in [-0.05, 0) is 37.2 Å². The summed E-state index contributed by atoms with van der Waals surface area (Å²) in [6.45, 7) is 6.72. The molecule has 1 saturated heterocycles. The molecule has 1 heterocycles. The first kappa shape index (κ1) is 13.6. The molecule has 1 aliphatic heterocycles. The Morgan fingerprint density at radius 2 is 1.95 bits per heavy atom. The molecule has 0 aromatic heterocycles. The molecule has 0 spiro atoms. The molecule has 2 fully saturated rings. The summed E-state index contributed by atoms with van der Waals surface area (Å²) in [4.78, 5) is 14.9. The van der Waals surface area contributed by atoms with Crippen molar-refractivity contribution < 1.29 is 4.79 Å². The van der Waals surface area contributed by atoms with Crippen molar-refractivity contribution in [3.63, 3.8) is 0 Å². The number of amides is 1. The Hall–Kier alpha value is -1.35. The van der Waals surface area contributed by atoms with Gasteiger partial charge in [-0.1, -0.05) is 44.2 Å². The lowest BCUT2D eigenvalue weighted by Crippen LogP contribution is -2.42. The van der Waals surface area contributed by atoms with Crippen LogP contribution < -0.4 is 5.32 Å². The van der Waals surface area contributed by atoms with E-state index >= 15 is 0 Å². The highest BCUT2D eigenvalue weighted by atomic mass is 16.2. The Morgan fingerprint density at radius 1 is 1.25 bits per heavy atom. The van der Waals surface area contributed by atoms with E-state index in [0.29, 0.717) is 11.5 Å². The Bertz CT molecular complexity index is 497. The topological polar surface area (TPSA) is 32.3 Å². The van der Waals surface area contributed by atoms with Crippen LogP contribution in [0.15, 0.2) is 30.3 Å². The zero-order chi connectivity index (χ0) is 14.3. The van der Waals surface area contributed by atoms with Crippen LogP contribution in [0.2, 0.25) is 0 Å². The Kier molecular flexibility index (Phi) is 3.33. The maximum atomic E-state index is 12.8. The molecule has 3 nitrogen and oxygen atoms in total. The lowest BCUT2D eigenvalue weighted by atomic mass is 9.91. The lowest BCUT2D eigenvalue weighted by molar-refractivity contribution is -0.132. The van der Waals surface area contributed by atoms with Crippen molar-refractivity contribution in [1.82, 2.24) is 10.2 Å². The van der Waals surface area contributed by atoms with Crippen LogP contribution in [0, 0.1) is 5.41 Å². The third-order valence-corrected chi connectivity index (χ3v) is 4.80. The van der Waals surface area contributed by atoms with Crippen molar-refractivity contribution in [3.8, 4) is 0 Å². The van der Waals surface area contributed by atoms with Crippen molar-refractivity contribution >= 4 is 5.91 Å². The molecular formula is C17H24N2O. The van der Waals surface area contributed by atoms with Gasteiger partial charge in [0.05, 0.1) is 6.17 Å². The zero-order valence-electron chi connectivity index (χ0n) is 12.6. The summed E-state index contributed by atoms with van der Waals surface area (Å²) >= 11 is 0. The van der Waals surface area contributed by atoms with Gasteiger partial charge in [-0.25, -0.2) is 0 Å². The van der Waals surface area contributed by atoms with E-state index in [1.807, 2.05) is 30.3 Å². The molecule has 0 radical (unpaired) electrons. The number of rotatable bonds is 2. The second-order valence-corrected chi connectivity index (χ2v) is 6.99. The van der Waals surface area contributed by atoms with E-state index < -0.39 is 0 Å². The minimum atomic E-state index is -0.171. The number of hydrogen-bond acceptors (Lipinski definition) is 2. The minimum absolute atomic E-state index is 0.131. The van der Waals surface area contributed by atoms with Crippen LogP contribution in [-0.4, -0.2) is 23.0 Å². The van der Waals surface area contributed by atoms with Gasteiger partial charge in [0.2, 0.25) is 5.91 Å². The Balaban J connectivity index is 1.79. The average molecular weight is 272 g/mol. The molecule has 1 saturated carbocycles. The molecule has 1 aromatic rings. The number of nitrogens with zero attached hydrogens (tertiary/aromatic N) is 1. The summed E-state index contributed by atoms with van der Waals surface area (Å²) in [6.07, 6.45) is 3.59. The van der Waals surface area contributed by atoms with E-state index in [2.05, 4.69) is 31.0 Å². The van der Waals surface area contributed by atoms with Crippen LogP contribution in [0.25, 0.3) is 0 Å². The van der Waals surface area contributed by atoms with Crippen molar-refractivity contribution in [3.05, 3.63) is 35.9 Å². The van der Waals surface area contributed by atoms with E-state index in [4.69, 9.17) is 0 Å². The molecule has 1 aliphatic carbocycles. The maximum Gasteiger partial charge on any atom is 0.245 e. The number of carbonyl (C=O) groups is 1. The van der Waals surface area contributed by atoms with Gasteiger partial charge in [0.1, 0.15) is 6.04 Å².